The number of likely N-dealkylation sites (tertiary alicyclic amines) is 1. The predicted molar refractivity (Wildman–Crippen MR) is 63.2 cm³/mol. The third kappa shape index (κ3) is 1.86. The number of ether oxygens (including phenoxy) is 1. The average Bonchev–Trinajstić information content (AvgIpc) is 2.72. The molecule has 3 heteroatoms. The Kier molecular flexibility index (Phi) is 3.53. The highest BCUT2D eigenvalue weighted by Crippen LogP contribution is 2.48. The lowest BCUT2D eigenvalue weighted by molar-refractivity contribution is -0.161. The molecule has 0 aromatic rings. The maximum atomic E-state index is 12.3. The summed E-state index contributed by atoms with van der Waals surface area (Å²) < 4.78 is 5.42. The lowest BCUT2D eigenvalue weighted by Crippen LogP contribution is -2.52. The third-order valence-corrected chi connectivity index (χ3v) is 4.25. The standard InChI is InChI=1S/C13H23NO2/c1-3-10-16-12(15)13-7-4-6-11(13)14(2)9-5-8-13/h11H,3-10H2,1-2H3. The minimum absolute atomic E-state index is 0.0726. The second-order valence-electron chi connectivity index (χ2n) is 5.28. The quantitative estimate of drug-likeness (QED) is 0.690. The highest BCUT2D eigenvalue weighted by atomic mass is 16.5. The SMILES string of the molecule is CCCOC(=O)C12CCCC1N(C)CCC2. The summed E-state index contributed by atoms with van der Waals surface area (Å²) in [6.07, 6.45) is 6.46. The monoisotopic (exact) mass is 225 g/mol. The molecular weight excluding hydrogens is 202 g/mol. The zero-order valence-electron chi connectivity index (χ0n) is 10.5. The van der Waals surface area contributed by atoms with Crippen LogP contribution in [0.1, 0.15) is 45.4 Å². The summed E-state index contributed by atoms with van der Waals surface area (Å²) in [6, 6.07) is 0.436. The minimum atomic E-state index is -0.165. The van der Waals surface area contributed by atoms with Crippen LogP contribution in [-0.2, 0) is 9.53 Å². The fourth-order valence-electron chi connectivity index (χ4n) is 3.47. The fourth-order valence-corrected chi connectivity index (χ4v) is 3.47. The van der Waals surface area contributed by atoms with Gasteiger partial charge in [0, 0.05) is 6.04 Å². The van der Waals surface area contributed by atoms with Crippen LogP contribution in [0.3, 0.4) is 0 Å². The molecule has 1 aliphatic carbocycles. The molecule has 3 nitrogen and oxygen atoms in total. The number of hydrogen-bond donors (Lipinski definition) is 0. The van der Waals surface area contributed by atoms with E-state index >= 15 is 0 Å². The highest BCUT2D eigenvalue weighted by molar-refractivity contribution is 5.78. The van der Waals surface area contributed by atoms with Crippen LogP contribution in [0.5, 0.6) is 0 Å². The van der Waals surface area contributed by atoms with Gasteiger partial charge in [-0.1, -0.05) is 13.3 Å². The molecule has 0 amide bonds. The molecule has 2 rings (SSSR count). The van der Waals surface area contributed by atoms with Crippen LogP contribution >= 0.6 is 0 Å². The molecule has 2 atom stereocenters. The maximum absolute atomic E-state index is 12.3. The number of fused-ring (bicyclic) bond motifs is 1. The van der Waals surface area contributed by atoms with Crippen molar-refractivity contribution in [3.05, 3.63) is 0 Å². The van der Waals surface area contributed by atoms with Gasteiger partial charge >= 0.3 is 5.97 Å². The number of esters is 1. The molecule has 0 bridgehead atoms. The van der Waals surface area contributed by atoms with Gasteiger partial charge in [-0.15, -0.1) is 0 Å². The Morgan fingerprint density at radius 3 is 2.94 bits per heavy atom. The maximum Gasteiger partial charge on any atom is 0.313 e. The number of nitrogens with zero attached hydrogens (tertiary/aromatic N) is 1. The van der Waals surface area contributed by atoms with Crippen LogP contribution in [0, 0.1) is 5.41 Å². The Labute approximate surface area is 98.1 Å². The molecule has 2 unspecified atom stereocenters. The molecule has 0 radical (unpaired) electrons. The van der Waals surface area contributed by atoms with Crippen molar-refractivity contribution in [3.8, 4) is 0 Å². The summed E-state index contributed by atoms with van der Waals surface area (Å²) in [5, 5.41) is 0. The molecule has 0 spiro atoms. The zero-order chi connectivity index (χ0) is 11.6. The van der Waals surface area contributed by atoms with Gasteiger partial charge < -0.3 is 9.64 Å². The topological polar surface area (TPSA) is 29.5 Å². The summed E-state index contributed by atoms with van der Waals surface area (Å²) in [5.41, 5.74) is -0.165. The first-order chi connectivity index (χ1) is 7.70. The van der Waals surface area contributed by atoms with E-state index in [1.807, 2.05) is 6.92 Å². The van der Waals surface area contributed by atoms with Gasteiger partial charge in [-0.2, -0.15) is 0 Å². The second-order valence-corrected chi connectivity index (χ2v) is 5.28. The van der Waals surface area contributed by atoms with Gasteiger partial charge in [-0.25, -0.2) is 0 Å². The second kappa shape index (κ2) is 4.74. The molecule has 1 saturated heterocycles. The van der Waals surface area contributed by atoms with E-state index in [4.69, 9.17) is 4.74 Å². The van der Waals surface area contributed by atoms with Crippen LogP contribution in [-0.4, -0.2) is 37.1 Å². The van der Waals surface area contributed by atoms with Crippen LogP contribution in [0.2, 0.25) is 0 Å². The molecule has 2 fully saturated rings. The summed E-state index contributed by atoms with van der Waals surface area (Å²) in [5.74, 6) is 0.0726. The van der Waals surface area contributed by atoms with Crippen molar-refractivity contribution in [2.24, 2.45) is 5.41 Å². The fraction of sp³-hybridized carbons (Fsp3) is 0.923. The number of carbonyl (C=O) groups is 1. The Bertz CT molecular complexity index is 267. The number of carbonyl (C=O) groups excluding carboxylic acids is 1. The van der Waals surface area contributed by atoms with Crippen molar-refractivity contribution in [1.82, 2.24) is 4.90 Å². The molecule has 1 saturated carbocycles. The Morgan fingerprint density at radius 2 is 2.19 bits per heavy atom. The molecule has 92 valence electrons. The van der Waals surface area contributed by atoms with Crippen molar-refractivity contribution in [3.63, 3.8) is 0 Å². The van der Waals surface area contributed by atoms with E-state index in [9.17, 15) is 4.79 Å². The van der Waals surface area contributed by atoms with Crippen LogP contribution in [0.4, 0.5) is 0 Å². The van der Waals surface area contributed by atoms with Crippen LogP contribution in [0.15, 0.2) is 0 Å². The molecule has 0 N–H and O–H groups in total. The predicted octanol–water partition coefficient (Wildman–Crippen LogP) is 2.20. The van der Waals surface area contributed by atoms with Crippen molar-refractivity contribution < 1.29 is 9.53 Å². The Hall–Kier alpha value is -0.570. The van der Waals surface area contributed by atoms with E-state index in [2.05, 4.69) is 11.9 Å². The summed E-state index contributed by atoms with van der Waals surface area (Å²) >= 11 is 0. The number of rotatable bonds is 3. The number of hydrogen-bond acceptors (Lipinski definition) is 3. The van der Waals surface area contributed by atoms with Gasteiger partial charge in [0.2, 0.25) is 0 Å². The average molecular weight is 225 g/mol. The highest BCUT2D eigenvalue weighted by Gasteiger charge is 2.52. The van der Waals surface area contributed by atoms with E-state index in [1.165, 1.54) is 6.42 Å². The van der Waals surface area contributed by atoms with Crippen molar-refractivity contribution in [1.29, 1.82) is 0 Å². The Balaban J connectivity index is 2.10. The van der Waals surface area contributed by atoms with E-state index in [0.29, 0.717) is 12.6 Å². The summed E-state index contributed by atoms with van der Waals surface area (Å²) in [7, 11) is 2.15. The molecule has 0 aromatic heterocycles. The zero-order valence-corrected chi connectivity index (χ0v) is 10.5. The molecule has 16 heavy (non-hydrogen) atoms. The molecular formula is C13H23NO2. The Morgan fingerprint density at radius 1 is 1.44 bits per heavy atom. The van der Waals surface area contributed by atoms with E-state index in [0.717, 1.165) is 38.6 Å². The molecule has 1 aliphatic heterocycles. The third-order valence-electron chi connectivity index (χ3n) is 4.25. The first-order valence-corrected chi connectivity index (χ1v) is 6.58. The van der Waals surface area contributed by atoms with Crippen LogP contribution < -0.4 is 0 Å². The van der Waals surface area contributed by atoms with Gasteiger partial charge in [-0.05, 0) is 45.7 Å². The first-order valence-electron chi connectivity index (χ1n) is 6.58. The number of piperidine rings is 1. The van der Waals surface area contributed by atoms with Crippen molar-refractivity contribution >= 4 is 5.97 Å². The van der Waals surface area contributed by atoms with Crippen LogP contribution in [0.25, 0.3) is 0 Å². The largest absolute Gasteiger partial charge is 0.465 e. The van der Waals surface area contributed by atoms with Gasteiger partial charge in [0.15, 0.2) is 0 Å². The normalized spacial score (nSPS) is 34.8. The molecule has 0 aromatic carbocycles. The lowest BCUT2D eigenvalue weighted by atomic mass is 9.75. The molecule has 2 aliphatic rings. The van der Waals surface area contributed by atoms with Gasteiger partial charge in [-0.3, -0.25) is 4.79 Å². The summed E-state index contributed by atoms with van der Waals surface area (Å²) in [6.45, 7) is 3.76. The lowest BCUT2D eigenvalue weighted by Gasteiger charge is -2.43. The van der Waals surface area contributed by atoms with Gasteiger partial charge in [0.05, 0.1) is 12.0 Å². The smallest absolute Gasteiger partial charge is 0.313 e. The summed E-state index contributed by atoms with van der Waals surface area (Å²) in [4.78, 5) is 14.6. The van der Waals surface area contributed by atoms with E-state index < -0.39 is 0 Å². The first kappa shape index (κ1) is 11.9. The van der Waals surface area contributed by atoms with E-state index in [-0.39, 0.29) is 11.4 Å². The molecule has 1 heterocycles. The van der Waals surface area contributed by atoms with Crippen molar-refractivity contribution in [2.45, 2.75) is 51.5 Å². The van der Waals surface area contributed by atoms with Gasteiger partial charge in [0.1, 0.15) is 0 Å². The minimum Gasteiger partial charge on any atom is -0.465 e. The van der Waals surface area contributed by atoms with Crippen molar-refractivity contribution in [2.75, 3.05) is 20.2 Å². The van der Waals surface area contributed by atoms with E-state index in [1.54, 1.807) is 0 Å². The van der Waals surface area contributed by atoms with Gasteiger partial charge in [0.25, 0.3) is 0 Å².